The van der Waals surface area contributed by atoms with Crippen LogP contribution in [0.4, 0.5) is 5.69 Å². The van der Waals surface area contributed by atoms with E-state index in [0.29, 0.717) is 28.0 Å². The summed E-state index contributed by atoms with van der Waals surface area (Å²) in [6.45, 7) is 1.98. The van der Waals surface area contributed by atoms with Gasteiger partial charge in [-0.25, -0.2) is 0 Å². The van der Waals surface area contributed by atoms with Gasteiger partial charge in [0, 0.05) is 5.02 Å². The molecule has 0 saturated heterocycles. The van der Waals surface area contributed by atoms with Gasteiger partial charge in [0.2, 0.25) is 0 Å². The van der Waals surface area contributed by atoms with Gasteiger partial charge >= 0.3 is 0 Å². The zero-order valence-electron chi connectivity index (χ0n) is 14.9. The average Bonchev–Trinajstić information content (AvgIpc) is 2.70. The minimum absolute atomic E-state index is 0.108. The van der Waals surface area contributed by atoms with E-state index in [4.69, 9.17) is 21.1 Å². The quantitative estimate of drug-likeness (QED) is 0.570. The normalized spacial score (nSPS) is 10.3. The Kier molecular flexibility index (Phi) is 6.34. The molecule has 0 aliphatic carbocycles. The minimum Gasteiger partial charge on any atom is -0.484 e. The predicted octanol–water partition coefficient (Wildman–Crippen LogP) is 5.71. The Balaban J connectivity index is 1.64. The van der Waals surface area contributed by atoms with Crippen molar-refractivity contribution in [2.24, 2.45) is 0 Å². The molecule has 0 aromatic heterocycles. The van der Waals surface area contributed by atoms with E-state index in [1.165, 1.54) is 5.56 Å². The maximum Gasteiger partial charge on any atom is 0.262 e. The molecule has 0 fully saturated rings. The number of hydrogen-bond acceptors (Lipinski definition) is 3. The molecule has 138 valence electrons. The molecule has 4 nitrogen and oxygen atoms in total. The Morgan fingerprint density at radius 1 is 0.963 bits per heavy atom. The molecule has 0 bridgehead atoms. The van der Waals surface area contributed by atoms with Gasteiger partial charge in [-0.3, -0.25) is 4.79 Å². The van der Waals surface area contributed by atoms with Crippen LogP contribution in [-0.2, 0) is 11.2 Å². The molecule has 3 aromatic carbocycles. The number of para-hydroxylation sites is 1. The van der Waals surface area contributed by atoms with Crippen LogP contribution < -0.4 is 14.8 Å². The van der Waals surface area contributed by atoms with Crippen molar-refractivity contribution in [2.45, 2.75) is 13.3 Å². The van der Waals surface area contributed by atoms with E-state index < -0.39 is 0 Å². The van der Waals surface area contributed by atoms with Crippen LogP contribution in [0.5, 0.6) is 17.2 Å². The number of benzene rings is 3. The molecule has 3 aromatic rings. The number of anilines is 1. The van der Waals surface area contributed by atoms with Crippen LogP contribution in [0.3, 0.4) is 0 Å². The van der Waals surface area contributed by atoms with Crippen molar-refractivity contribution in [2.75, 3.05) is 11.9 Å². The molecule has 1 amide bonds. The molecule has 5 heteroatoms. The third-order valence-corrected chi connectivity index (χ3v) is 4.12. The lowest BCUT2D eigenvalue weighted by molar-refractivity contribution is -0.118. The summed E-state index contributed by atoms with van der Waals surface area (Å²) in [5, 5.41) is 3.29. The zero-order valence-corrected chi connectivity index (χ0v) is 15.7. The van der Waals surface area contributed by atoms with E-state index >= 15 is 0 Å². The Morgan fingerprint density at radius 3 is 2.41 bits per heavy atom. The van der Waals surface area contributed by atoms with Crippen molar-refractivity contribution < 1.29 is 14.3 Å². The summed E-state index contributed by atoms with van der Waals surface area (Å²) >= 11 is 6.07. The first-order valence-corrected chi connectivity index (χ1v) is 9.06. The number of rotatable bonds is 7. The Bertz CT molecular complexity index is 895. The van der Waals surface area contributed by atoms with Crippen molar-refractivity contribution in [3.05, 3.63) is 83.4 Å². The number of ether oxygens (including phenoxy) is 2. The highest BCUT2D eigenvalue weighted by molar-refractivity contribution is 6.31. The van der Waals surface area contributed by atoms with Crippen LogP contribution in [0.1, 0.15) is 12.5 Å². The SMILES string of the molecule is CCc1ccc(OCC(=O)Nc2cc(Cl)ccc2Oc2ccccc2)cc1. The van der Waals surface area contributed by atoms with E-state index in [-0.39, 0.29) is 12.5 Å². The third-order valence-electron chi connectivity index (χ3n) is 3.89. The Morgan fingerprint density at radius 2 is 1.70 bits per heavy atom. The summed E-state index contributed by atoms with van der Waals surface area (Å²) in [5.74, 6) is 1.53. The summed E-state index contributed by atoms with van der Waals surface area (Å²) in [7, 11) is 0. The van der Waals surface area contributed by atoms with Crippen LogP contribution in [0.25, 0.3) is 0 Å². The molecule has 27 heavy (non-hydrogen) atoms. The second kappa shape index (κ2) is 9.10. The van der Waals surface area contributed by atoms with Crippen LogP contribution >= 0.6 is 11.6 Å². The second-order valence-corrected chi connectivity index (χ2v) is 6.33. The molecule has 1 N–H and O–H groups in total. The van der Waals surface area contributed by atoms with Gasteiger partial charge in [-0.15, -0.1) is 0 Å². The average molecular weight is 382 g/mol. The molecule has 0 spiro atoms. The fourth-order valence-electron chi connectivity index (χ4n) is 2.46. The van der Waals surface area contributed by atoms with Crippen LogP contribution in [0, 0.1) is 0 Å². The molecule has 0 atom stereocenters. The van der Waals surface area contributed by atoms with Crippen molar-refractivity contribution >= 4 is 23.2 Å². The van der Waals surface area contributed by atoms with Gasteiger partial charge < -0.3 is 14.8 Å². The molecule has 0 heterocycles. The fourth-order valence-corrected chi connectivity index (χ4v) is 2.63. The fraction of sp³-hybridized carbons (Fsp3) is 0.136. The van der Waals surface area contributed by atoms with E-state index in [2.05, 4.69) is 12.2 Å². The maximum absolute atomic E-state index is 12.3. The Labute approximate surface area is 163 Å². The van der Waals surface area contributed by atoms with Gasteiger partial charge in [0.15, 0.2) is 12.4 Å². The first kappa shape index (κ1) is 18.8. The topological polar surface area (TPSA) is 47.6 Å². The van der Waals surface area contributed by atoms with Gasteiger partial charge in [0.05, 0.1) is 5.69 Å². The largest absolute Gasteiger partial charge is 0.484 e. The number of amides is 1. The number of aryl methyl sites for hydroxylation is 1. The molecular formula is C22H20ClNO3. The number of halogens is 1. The van der Waals surface area contributed by atoms with Gasteiger partial charge in [-0.05, 0) is 54.4 Å². The standard InChI is InChI=1S/C22H20ClNO3/c1-2-16-8-11-18(12-9-16)26-15-22(25)24-20-14-17(23)10-13-21(20)27-19-6-4-3-5-7-19/h3-14H,2,15H2,1H3,(H,24,25). The van der Waals surface area contributed by atoms with Crippen molar-refractivity contribution in [3.63, 3.8) is 0 Å². The van der Waals surface area contributed by atoms with Crippen LogP contribution in [-0.4, -0.2) is 12.5 Å². The van der Waals surface area contributed by atoms with Crippen molar-refractivity contribution in [1.29, 1.82) is 0 Å². The van der Waals surface area contributed by atoms with Crippen molar-refractivity contribution in [3.8, 4) is 17.2 Å². The summed E-state index contributed by atoms with van der Waals surface area (Å²) in [4.78, 5) is 12.3. The predicted molar refractivity (Wildman–Crippen MR) is 108 cm³/mol. The molecule has 0 unspecified atom stereocenters. The molecular weight excluding hydrogens is 362 g/mol. The van der Waals surface area contributed by atoms with Crippen LogP contribution in [0.15, 0.2) is 72.8 Å². The van der Waals surface area contributed by atoms with E-state index in [0.717, 1.165) is 6.42 Å². The summed E-state index contributed by atoms with van der Waals surface area (Å²) in [6.07, 6.45) is 0.958. The van der Waals surface area contributed by atoms with Crippen LogP contribution in [0.2, 0.25) is 5.02 Å². The number of carbonyl (C=O) groups is 1. The van der Waals surface area contributed by atoms with E-state index in [1.807, 2.05) is 54.6 Å². The zero-order chi connectivity index (χ0) is 19.1. The highest BCUT2D eigenvalue weighted by Gasteiger charge is 2.11. The molecule has 3 rings (SSSR count). The molecule has 0 aliphatic heterocycles. The number of hydrogen-bond donors (Lipinski definition) is 1. The Hall–Kier alpha value is -2.98. The highest BCUT2D eigenvalue weighted by Crippen LogP contribution is 2.32. The monoisotopic (exact) mass is 381 g/mol. The van der Waals surface area contributed by atoms with Gasteiger partial charge in [0.25, 0.3) is 5.91 Å². The molecule has 0 aliphatic rings. The molecule has 0 saturated carbocycles. The first-order chi connectivity index (χ1) is 13.1. The van der Waals surface area contributed by atoms with Gasteiger partial charge in [-0.2, -0.15) is 0 Å². The van der Waals surface area contributed by atoms with Gasteiger partial charge in [0.1, 0.15) is 11.5 Å². The smallest absolute Gasteiger partial charge is 0.262 e. The number of nitrogens with one attached hydrogen (secondary N) is 1. The minimum atomic E-state index is -0.297. The van der Waals surface area contributed by atoms with E-state index in [1.54, 1.807) is 18.2 Å². The molecule has 0 radical (unpaired) electrons. The lowest BCUT2D eigenvalue weighted by Crippen LogP contribution is -2.20. The highest BCUT2D eigenvalue weighted by atomic mass is 35.5. The summed E-state index contributed by atoms with van der Waals surface area (Å²) in [6, 6.07) is 22.1. The first-order valence-electron chi connectivity index (χ1n) is 8.68. The maximum atomic E-state index is 12.3. The van der Waals surface area contributed by atoms with Gasteiger partial charge in [-0.1, -0.05) is 48.9 Å². The number of carbonyl (C=O) groups excluding carboxylic acids is 1. The van der Waals surface area contributed by atoms with E-state index in [9.17, 15) is 4.79 Å². The van der Waals surface area contributed by atoms with Crippen molar-refractivity contribution in [1.82, 2.24) is 0 Å². The second-order valence-electron chi connectivity index (χ2n) is 5.89. The summed E-state index contributed by atoms with van der Waals surface area (Å²) < 4.78 is 11.4. The third kappa shape index (κ3) is 5.50. The lowest BCUT2D eigenvalue weighted by atomic mass is 10.2. The lowest BCUT2D eigenvalue weighted by Gasteiger charge is -2.13. The summed E-state index contributed by atoms with van der Waals surface area (Å²) in [5.41, 5.74) is 1.70.